The first-order valence-corrected chi connectivity index (χ1v) is 12.7. The van der Waals surface area contributed by atoms with Gasteiger partial charge in [-0.1, -0.05) is 36.4 Å². The molecular formula is C24H32FN3O3S. The Labute approximate surface area is 191 Å². The van der Waals surface area contributed by atoms with Crippen molar-refractivity contribution in [3.63, 3.8) is 0 Å². The van der Waals surface area contributed by atoms with Gasteiger partial charge in [0.2, 0.25) is 5.91 Å². The van der Waals surface area contributed by atoms with Gasteiger partial charge < -0.3 is 9.80 Å². The number of carbonyl (C=O) groups excluding carboxylic acids is 1. The third-order valence-electron chi connectivity index (χ3n) is 6.65. The lowest BCUT2D eigenvalue weighted by atomic mass is 10.0. The number of amides is 1. The van der Waals surface area contributed by atoms with Crippen LogP contribution >= 0.6 is 10.8 Å². The van der Waals surface area contributed by atoms with E-state index in [9.17, 15) is 13.9 Å². The molecule has 2 aromatic carbocycles. The highest BCUT2D eigenvalue weighted by Gasteiger charge is 2.40. The van der Waals surface area contributed by atoms with Crippen LogP contribution < -0.4 is 4.90 Å². The molecule has 174 valence electrons. The molecule has 2 fully saturated rings. The summed E-state index contributed by atoms with van der Waals surface area (Å²) in [5.41, 5.74) is 2.17. The standard InChI is InChI=1S/C24H32FN3O3S/c1-18-8-11-24(21-6-4-3-5-7-21)32(30,31)28(18)17-20-9-10-23(22(25)16-20)27-14-12-26(13-15-27)19(2)29/h3-7,9-10,16,18,24,30-31H,8,11-15,17H2,1-2H3/t18-,24?/m0/s1. The van der Waals surface area contributed by atoms with Crippen LogP contribution in [0.2, 0.25) is 0 Å². The Hall–Kier alpha value is -2.13. The van der Waals surface area contributed by atoms with Gasteiger partial charge in [-0.05, 0) is 43.0 Å². The van der Waals surface area contributed by atoms with E-state index in [1.54, 1.807) is 22.2 Å². The Balaban J connectivity index is 1.49. The molecule has 2 atom stereocenters. The summed E-state index contributed by atoms with van der Waals surface area (Å²) in [5.74, 6) is -0.275. The fourth-order valence-corrected chi connectivity index (χ4v) is 7.01. The minimum absolute atomic E-state index is 0.0117. The highest BCUT2D eigenvalue weighted by Crippen LogP contribution is 2.62. The zero-order valence-electron chi connectivity index (χ0n) is 18.7. The molecule has 6 nitrogen and oxygen atoms in total. The quantitative estimate of drug-likeness (QED) is 0.679. The van der Waals surface area contributed by atoms with Gasteiger partial charge in [-0.25, -0.2) is 4.39 Å². The predicted molar refractivity (Wildman–Crippen MR) is 127 cm³/mol. The van der Waals surface area contributed by atoms with Crippen molar-refractivity contribution in [1.82, 2.24) is 9.21 Å². The number of carbonyl (C=O) groups is 1. The Morgan fingerprint density at radius 3 is 2.38 bits per heavy atom. The van der Waals surface area contributed by atoms with Crippen LogP contribution in [0.3, 0.4) is 0 Å². The lowest BCUT2D eigenvalue weighted by Gasteiger charge is -2.54. The first-order valence-electron chi connectivity index (χ1n) is 11.1. The number of anilines is 1. The minimum atomic E-state index is -3.06. The summed E-state index contributed by atoms with van der Waals surface area (Å²) in [5, 5.41) is -0.346. The smallest absolute Gasteiger partial charge is 0.219 e. The average Bonchev–Trinajstić information content (AvgIpc) is 2.77. The molecule has 2 aliphatic rings. The number of hydrogen-bond acceptors (Lipinski definition) is 5. The largest absolute Gasteiger partial charge is 0.366 e. The van der Waals surface area contributed by atoms with E-state index in [1.165, 1.54) is 6.07 Å². The molecule has 0 saturated carbocycles. The Morgan fingerprint density at radius 2 is 1.75 bits per heavy atom. The first-order chi connectivity index (χ1) is 15.3. The summed E-state index contributed by atoms with van der Waals surface area (Å²) in [6.45, 7) is 6.19. The highest BCUT2D eigenvalue weighted by atomic mass is 32.3. The number of nitrogens with zero attached hydrogens (tertiary/aromatic N) is 3. The molecule has 0 aliphatic carbocycles. The fourth-order valence-electron chi connectivity index (χ4n) is 4.74. The van der Waals surface area contributed by atoms with Gasteiger partial charge in [0, 0.05) is 45.7 Å². The predicted octanol–water partition coefficient (Wildman–Crippen LogP) is 4.89. The fraction of sp³-hybridized carbons (Fsp3) is 0.458. The maximum Gasteiger partial charge on any atom is 0.219 e. The lowest BCUT2D eigenvalue weighted by Crippen LogP contribution is -2.48. The van der Waals surface area contributed by atoms with Gasteiger partial charge in [-0.2, -0.15) is 4.31 Å². The molecule has 2 aromatic rings. The maximum atomic E-state index is 15.0. The molecule has 2 saturated heterocycles. The van der Waals surface area contributed by atoms with Crippen molar-refractivity contribution in [3.05, 3.63) is 65.5 Å². The van der Waals surface area contributed by atoms with Crippen molar-refractivity contribution in [1.29, 1.82) is 0 Å². The summed E-state index contributed by atoms with van der Waals surface area (Å²) >= 11 is 0. The number of rotatable bonds is 4. The van der Waals surface area contributed by atoms with Crippen LogP contribution in [0.5, 0.6) is 0 Å². The molecule has 1 amide bonds. The second kappa shape index (κ2) is 9.39. The van der Waals surface area contributed by atoms with Gasteiger partial charge >= 0.3 is 0 Å². The van der Waals surface area contributed by atoms with Crippen LogP contribution in [-0.2, 0) is 11.3 Å². The van der Waals surface area contributed by atoms with Gasteiger partial charge in [0.25, 0.3) is 0 Å². The topological polar surface area (TPSA) is 67.3 Å². The molecule has 0 radical (unpaired) electrons. The lowest BCUT2D eigenvalue weighted by molar-refractivity contribution is -0.129. The molecule has 32 heavy (non-hydrogen) atoms. The monoisotopic (exact) mass is 461 g/mol. The van der Waals surface area contributed by atoms with Gasteiger partial charge in [-0.15, -0.1) is 10.8 Å². The zero-order valence-corrected chi connectivity index (χ0v) is 19.5. The molecule has 0 bridgehead atoms. The van der Waals surface area contributed by atoms with Gasteiger partial charge in [0.15, 0.2) is 0 Å². The van der Waals surface area contributed by atoms with Crippen molar-refractivity contribution in [3.8, 4) is 0 Å². The first kappa shape index (κ1) is 23.0. The van der Waals surface area contributed by atoms with Crippen LogP contribution in [0.15, 0.2) is 48.5 Å². The van der Waals surface area contributed by atoms with E-state index in [2.05, 4.69) is 0 Å². The minimum Gasteiger partial charge on any atom is -0.366 e. The molecule has 2 heterocycles. The van der Waals surface area contributed by atoms with Crippen LogP contribution in [0.25, 0.3) is 0 Å². The normalized spacial score (nSPS) is 24.9. The van der Waals surface area contributed by atoms with Crippen molar-refractivity contribution < 1.29 is 18.3 Å². The van der Waals surface area contributed by atoms with E-state index in [0.717, 1.165) is 12.0 Å². The zero-order chi connectivity index (χ0) is 22.9. The Kier molecular flexibility index (Phi) is 6.76. The Bertz CT molecular complexity index is 951. The SMILES string of the molecule is CC(=O)N1CCN(c2ccc(CN3[C@@H](C)CCC(c4ccccc4)S3(O)O)cc2F)CC1. The van der Waals surface area contributed by atoms with Crippen molar-refractivity contribution in [2.75, 3.05) is 31.1 Å². The van der Waals surface area contributed by atoms with Crippen molar-refractivity contribution in [2.45, 2.75) is 44.5 Å². The van der Waals surface area contributed by atoms with E-state index in [0.29, 0.717) is 43.9 Å². The molecule has 2 aliphatic heterocycles. The molecule has 8 heteroatoms. The third kappa shape index (κ3) is 4.64. The average molecular weight is 462 g/mol. The van der Waals surface area contributed by atoms with E-state index in [4.69, 9.17) is 0 Å². The number of hydrogen-bond donors (Lipinski definition) is 2. The Morgan fingerprint density at radius 1 is 1.06 bits per heavy atom. The maximum absolute atomic E-state index is 15.0. The van der Waals surface area contributed by atoms with E-state index in [1.807, 2.05) is 48.2 Å². The molecule has 4 rings (SSSR count). The summed E-state index contributed by atoms with van der Waals surface area (Å²) in [7, 11) is -3.06. The molecule has 2 N–H and O–H groups in total. The second-order valence-electron chi connectivity index (χ2n) is 8.74. The third-order valence-corrected chi connectivity index (χ3v) is 9.10. The van der Waals surface area contributed by atoms with E-state index < -0.39 is 10.8 Å². The number of benzene rings is 2. The molecule has 0 spiro atoms. The van der Waals surface area contributed by atoms with Crippen LogP contribution in [0, 0.1) is 5.82 Å². The van der Waals surface area contributed by atoms with Crippen LogP contribution in [0.1, 0.15) is 43.1 Å². The van der Waals surface area contributed by atoms with Crippen LogP contribution in [-0.4, -0.2) is 56.4 Å². The molecular weight excluding hydrogens is 429 g/mol. The molecule has 1 unspecified atom stereocenters. The molecule has 0 aromatic heterocycles. The number of piperazine rings is 1. The summed E-state index contributed by atoms with van der Waals surface area (Å²) in [4.78, 5) is 15.3. The highest BCUT2D eigenvalue weighted by molar-refractivity contribution is 8.22. The van der Waals surface area contributed by atoms with Gasteiger partial charge in [0.1, 0.15) is 5.82 Å². The van der Waals surface area contributed by atoms with Crippen molar-refractivity contribution >= 4 is 22.4 Å². The second-order valence-corrected chi connectivity index (χ2v) is 10.9. The van der Waals surface area contributed by atoms with E-state index in [-0.39, 0.29) is 29.6 Å². The van der Waals surface area contributed by atoms with Crippen LogP contribution in [0.4, 0.5) is 10.1 Å². The number of halogens is 1. The van der Waals surface area contributed by atoms with Gasteiger partial charge in [0.05, 0.1) is 10.9 Å². The van der Waals surface area contributed by atoms with E-state index >= 15 is 4.39 Å². The van der Waals surface area contributed by atoms with Gasteiger partial charge in [-0.3, -0.25) is 13.9 Å². The summed E-state index contributed by atoms with van der Waals surface area (Å²) < 4.78 is 39.2. The summed E-state index contributed by atoms with van der Waals surface area (Å²) in [6.07, 6.45) is 1.56. The summed E-state index contributed by atoms with van der Waals surface area (Å²) in [6, 6.07) is 14.7. The van der Waals surface area contributed by atoms with Crippen molar-refractivity contribution in [2.24, 2.45) is 0 Å².